The smallest absolute Gasteiger partial charge is 0.347 e. The molecule has 10 heteroatoms. The number of carbonyl (C=O) groups is 2. The molecule has 0 saturated carbocycles. The normalized spacial score (nSPS) is 20.5. The van der Waals surface area contributed by atoms with Crippen molar-refractivity contribution in [3.63, 3.8) is 0 Å². The number of fused-ring (bicyclic) bond motifs is 1. The number of hydrogen-bond acceptors (Lipinski definition) is 9. The van der Waals surface area contributed by atoms with E-state index in [1.807, 2.05) is 37.3 Å². The van der Waals surface area contributed by atoms with Crippen molar-refractivity contribution in [1.29, 1.82) is 0 Å². The highest BCUT2D eigenvalue weighted by molar-refractivity contribution is 5.89. The molecule has 0 bridgehead atoms. The molecule has 286 valence electrons. The molecule has 0 radical (unpaired) electrons. The number of ether oxygens (including phenoxy) is 2. The number of nitrogens with zero attached hydrogens (tertiary/aromatic N) is 1. The summed E-state index contributed by atoms with van der Waals surface area (Å²) in [5, 5.41) is 39.3. The summed E-state index contributed by atoms with van der Waals surface area (Å²) in [5.41, 5.74) is 1.71. The zero-order chi connectivity index (χ0) is 37.9. The standard InChI is InChI=1S/C44H53N3O7/c1-31-11-6-7-16-38(31)44(52,43(51)54-30-33-21-24-47(25-22-33)29-32-12-4-2-5-13-32)34-14-10-15-35(27-34)53-26-9-3-8-23-45-28-40(49)36-17-19-39(48)42-37(36)18-20-41(50)46-42/h2,4-7,10-20,27,33,37,40,42,45,48-49,52H,3,8-9,21-26,28-30H2,1H3,(H,46,50). The van der Waals surface area contributed by atoms with Crippen LogP contribution in [-0.2, 0) is 26.5 Å². The molecule has 3 aromatic rings. The second-order valence-corrected chi connectivity index (χ2v) is 14.6. The highest BCUT2D eigenvalue weighted by atomic mass is 16.5. The minimum atomic E-state index is -2.00. The van der Waals surface area contributed by atoms with Gasteiger partial charge < -0.3 is 35.4 Å². The van der Waals surface area contributed by atoms with Crippen molar-refractivity contribution in [2.75, 3.05) is 39.4 Å². The van der Waals surface area contributed by atoms with Crippen molar-refractivity contribution in [2.24, 2.45) is 11.8 Å². The van der Waals surface area contributed by atoms with Gasteiger partial charge in [-0.3, -0.25) is 9.69 Å². The van der Waals surface area contributed by atoms with Gasteiger partial charge in [0.25, 0.3) is 0 Å². The summed E-state index contributed by atoms with van der Waals surface area (Å²) < 4.78 is 12.0. The lowest BCUT2D eigenvalue weighted by Crippen LogP contribution is -2.47. The maximum absolute atomic E-state index is 13.9. The maximum atomic E-state index is 13.9. The molecule has 10 nitrogen and oxygen atoms in total. The number of aliphatic hydroxyl groups excluding tert-OH is 2. The van der Waals surface area contributed by atoms with Crippen molar-refractivity contribution in [1.82, 2.24) is 15.5 Å². The molecule has 1 saturated heterocycles. The van der Waals surface area contributed by atoms with E-state index >= 15 is 0 Å². The number of rotatable bonds is 17. The first kappa shape index (κ1) is 39.0. The van der Waals surface area contributed by atoms with E-state index < -0.39 is 23.7 Å². The van der Waals surface area contributed by atoms with Crippen LogP contribution in [0.5, 0.6) is 5.75 Å². The molecule has 6 rings (SSSR count). The minimum Gasteiger partial charge on any atom is -0.510 e. The number of unbranched alkanes of at least 4 members (excludes halogenated alkanes) is 2. The average Bonchev–Trinajstić information content (AvgIpc) is 3.19. The number of carbonyl (C=O) groups excluding carboxylic acids is 2. The van der Waals surface area contributed by atoms with E-state index in [2.05, 4.69) is 39.8 Å². The first-order valence-corrected chi connectivity index (χ1v) is 19.2. The molecule has 1 fully saturated rings. The summed E-state index contributed by atoms with van der Waals surface area (Å²) in [4.78, 5) is 28.1. The maximum Gasteiger partial charge on any atom is 0.347 e. The largest absolute Gasteiger partial charge is 0.510 e. The Kier molecular flexibility index (Phi) is 13.4. The first-order chi connectivity index (χ1) is 26.2. The fourth-order valence-electron chi connectivity index (χ4n) is 7.58. The van der Waals surface area contributed by atoms with Crippen molar-refractivity contribution < 1.29 is 34.4 Å². The molecule has 2 aliphatic heterocycles. The summed E-state index contributed by atoms with van der Waals surface area (Å²) in [5.74, 6) is -0.357. The van der Waals surface area contributed by atoms with E-state index in [-0.39, 0.29) is 30.1 Å². The number of nitrogens with one attached hydrogen (secondary N) is 2. The van der Waals surface area contributed by atoms with Crippen LogP contribution >= 0.6 is 0 Å². The van der Waals surface area contributed by atoms with Crippen molar-refractivity contribution in [3.05, 3.63) is 137 Å². The Labute approximate surface area is 318 Å². The summed E-state index contributed by atoms with van der Waals surface area (Å²) in [7, 11) is 0. The Morgan fingerprint density at radius 1 is 1.00 bits per heavy atom. The Morgan fingerprint density at radius 3 is 2.57 bits per heavy atom. The van der Waals surface area contributed by atoms with Crippen LogP contribution < -0.4 is 15.4 Å². The van der Waals surface area contributed by atoms with Crippen LogP contribution in [0.4, 0.5) is 0 Å². The van der Waals surface area contributed by atoms with Gasteiger partial charge in [-0.05, 0) is 106 Å². The van der Waals surface area contributed by atoms with Crippen LogP contribution in [0.3, 0.4) is 0 Å². The highest BCUT2D eigenvalue weighted by Gasteiger charge is 2.43. The van der Waals surface area contributed by atoms with Gasteiger partial charge in [-0.1, -0.05) is 78.9 Å². The second kappa shape index (κ2) is 18.5. The van der Waals surface area contributed by atoms with Gasteiger partial charge in [0, 0.05) is 30.1 Å². The Bertz CT molecular complexity index is 1820. The summed E-state index contributed by atoms with van der Waals surface area (Å²) in [6.45, 7) is 6.45. The van der Waals surface area contributed by atoms with Crippen LogP contribution in [-0.4, -0.2) is 83.6 Å². The average molecular weight is 736 g/mol. The van der Waals surface area contributed by atoms with Gasteiger partial charge >= 0.3 is 5.97 Å². The van der Waals surface area contributed by atoms with Gasteiger partial charge in [-0.25, -0.2) is 4.79 Å². The molecule has 1 aliphatic carbocycles. The van der Waals surface area contributed by atoms with Gasteiger partial charge in [-0.15, -0.1) is 0 Å². The molecule has 5 N–H and O–H groups in total. The minimum absolute atomic E-state index is 0.0805. The van der Waals surface area contributed by atoms with Crippen LogP contribution in [0.1, 0.15) is 54.4 Å². The first-order valence-electron chi connectivity index (χ1n) is 19.2. The van der Waals surface area contributed by atoms with Crippen LogP contribution in [0.2, 0.25) is 0 Å². The van der Waals surface area contributed by atoms with Crippen LogP contribution in [0.15, 0.2) is 114 Å². The molecule has 2 heterocycles. The number of aliphatic hydroxyl groups is 3. The predicted molar refractivity (Wildman–Crippen MR) is 208 cm³/mol. The zero-order valence-electron chi connectivity index (χ0n) is 31.0. The molecule has 54 heavy (non-hydrogen) atoms. The van der Waals surface area contributed by atoms with Crippen LogP contribution in [0, 0.1) is 18.8 Å². The predicted octanol–water partition coefficient (Wildman–Crippen LogP) is 5.24. The molecule has 4 unspecified atom stereocenters. The van der Waals surface area contributed by atoms with E-state index in [0.717, 1.165) is 62.9 Å². The lowest BCUT2D eigenvalue weighted by molar-refractivity contribution is -0.164. The van der Waals surface area contributed by atoms with Crippen molar-refractivity contribution >= 4 is 11.9 Å². The zero-order valence-corrected chi connectivity index (χ0v) is 31.0. The fraction of sp³-hybridized carbons (Fsp3) is 0.409. The van der Waals surface area contributed by atoms with E-state index in [9.17, 15) is 24.9 Å². The lowest BCUT2D eigenvalue weighted by Gasteiger charge is -2.34. The van der Waals surface area contributed by atoms with Crippen molar-refractivity contribution in [2.45, 2.75) is 63.3 Å². The number of piperidine rings is 1. The van der Waals surface area contributed by atoms with Gasteiger partial charge in [0.2, 0.25) is 11.5 Å². The third-order valence-electron chi connectivity index (χ3n) is 10.7. The number of amides is 1. The number of benzene rings is 3. The molecular weight excluding hydrogens is 682 g/mol. The third kappa shape index (κ3) is 9.67. The molecule has 3 aromatic carbocycles. The molecule has 1 amide bonds. The van der Waals surface area contributed by atoms with E-state index in [1.54, 1.807) is 36.4 Å². The quantitative estimate of drug-likeness (QED) is 0.0931. The van der Waals surface area contributed by atoms with E-state index in [4.69, 9.17) is 9.47 Å². The third-order valence-corrected chi connectivity index (χ3v) is 10.7. The van der Waals surface area contributed by atoms with E-state index in [1.165, 1.54) is 17.7 Å². The van der Waals surface area contributed by atoms with Crippen LogP contribution in [0.25, 0.3) is 0 Å². The van der Waals surface area contributed by atoms with Gasteiger partial charge in [-0.2, -0.15) is 0 Å². The lowest BCUT2D eigenvalue weighted by atomic mass is 9.81. The summed E-state index contributed by atoms with van der Waals surface area (Å²) in [6, 6.07) is 24.3. The number of likely N-dealkylation sites (tertiary alicyclic amines) is 1. The van der Waals surface area contributed by atoms with Gasteiger partial charge in [0.05, 0.1) is 25.4 Å². The highest BCUT2D eigenvalue weighted by Crippen LogP contribution is 2.36. The van der Waals surface area contributed by atoms with Gasteiger partial charge in [0.15, 0.2) is 0 Å². The number of esters is 1. The molecular formula is C44H53N3O7. The Balaban J connectivity index is 0.965. The molecule has 4 atom stereocenters. The second-order valence-electron chi connectivity index (χ2n) is 14.6. The monoisotopic (exact) mass is 735 g/mol. The topological polar surface area (TPSA) is 141 Å². The summed E-state index contributed by atoms with van der Waals surface area (Å²) in [6.07, 6.45) is 10.1. The number of aryl methyl sites for hydroxylation is 1. The molecule has 3 aliphatic rings. The number of hydrogen-bond donors (Lipinski definition) is 5. The number of allylic oxidation sites excluding steroid dienone is 2. The Hall–Kier alpha value is -4.74. The van der Waals surface area contributed by atoms with E-state index in [0.29, 0.717) is 36.6 Å². The van der Waals surface area contributed by atoms with Crippen molar-refractivity contribution in [3.8, 4) is 5.75 Å². The SMILES string of the molecule is Cc1ccccc1C(O)(C(=O)OCC1CCN(Cc2ccccc2)CC1)c1cccc(OCCCCCNCC(O)C2=CC=C(O)C3NC(=O)C=CC23)c1. The molecule has 0 spiro atoms. The molecule has 0 aromatic heterocycles. The van der Waals surface area contributed by atoms with Gasteiger partial charge in [0.1, 0.15) is 11.5 Å². The Morgan fingerprint density at radius 2 is 1.78 bits per heavy atom. The summed E-state index contributed by atoms with van der Waals surface area (Å²) >= 11 is 0. The fourth-order valence-corrected chi connectivity index (χ4v) is 7.58.